The molecule has 0 aromatic heterocycles. The fourth-order valence-electron chi connectivity index (χ4n) is 2.56. The molecule has 0 saturated heterocycles. The van der Waals surface area contributed by atoms with Gasteiger partial charge in [0.25, 0.3) is 0 Å². The van der Waals surface area contributed by atoms with Gasteiger partial charge in [-0.2, -0.15) is 0 Å². The van der Waals surface area contributed by atoms with Gasteiger partial charge >= 0.3 is 0 Å². The van der Waals surface area contributed by atoms with Crippen molar-refractivity contribution in [2.45, 2.75) is 32.1 Å². The van der Waals surface area contributed by atoms with Crippen LogP contribution >= 0.6 is 11.6 Å². The number of nitrogens with two attached hydrogens (primary N) is 1. The van der Waals surface area contributed by atoms with Crippen LogP contribution in [0, 0.1) is 5.92 Å². The van der Waals surface area contributed by atoms with E-state index < -0.39 is 0 Å². The highest BCUT2D eigenvalue weighted by Gasteiger charge is 2.18. The zero-order chi connectivity index (χ0) is 14.5. The first kappa shape index (κ1) is 15.0. The number of ether oxygens (including phenoxy) is 2. The van der Waals surface area contributed by atoms with Crippen molar-refractivity contribution in [3.63, 3.8) is 0 Å². The average Bonchev–Trinajstić information content (AvgIpc) is 2.48. The van der Waals surface area contributed by atoms with E-state index in [1.54, 1.807) is 26.4 Å². The topological polar surface area (TPSA) is 56.8 Å². The Balaban J connectivity index is 2.29. The fourth-order valence-corrected chi connectivity index (χ4v) is 2.80. The van der Waals surface area contributed by atoms with E-state index in [1.165, 1.54) is 19.3 Å². The van der Waals surface area contributed by atoms with Crippen LogP contribution < -0.4 is 15.2 Å². The molecule has 1 aliphatic carbocycles. The molecule has 1 aromatic carbocycles. The standard InChI is InChI=1S/C15H21ClN2O2/c1-19-13-9-14(20-2)12(8-11(13)16)18-15(17)10-6-4-3-5-7-10/h8-10H,3-7H2,1-2H3,(H2,17,18). The summed E-state index contributed by atoms with van der Waals surface area (Å²) in [5, 5.41) is 0.503. The number of benzene rings is 1. The molecule has 2 N–H and O–H groups in total. The van der Waals surface area contributed by atoms with Crippen molar-refractivity contribution >= 4 is 23.1 Å². The molecular weight excluding hydrogens is 276 g/mol. The number of nitrogens with zero attached hydrogens (tertiary/aromatic N) is 1. The largest absolute Gasteiger partial charge is 0.495 e. The Labute approximate surface area is 124 Å². The van der Waals surface area contributed by atoms with Gasteiger partial charge < -0.3 is 15.2 Å². The number of amidine groups is 1. The Morgan fingerprint density at radius 1 is 1.15 bits per heavy atom. The zero-order valence-electron chi connectivity index (χ0n) is 12.0. The average molecular weight is 297 g/mol. The van der Waals surface area contributed by atoms with Crippen LogP contribution in [0.25, 0.3) is 0 Å². The highest BCUT2D eigenvalue weighted by atomic mass is 35.5. The highest BCUT2D eigenvalue weighted by molar-refractivity contribution is 6.32. The summed E-state index contributed by atoms with van der Waals surface area (Å²) in [6.45, 7) is 0. The van der Waals surface area contributed by atoms with E-state index in [-0.39, 0.29) is 0 Å². The molecule has 1 aliphatic rings. The van der Waals surface area contributed by atoms with E-state index >= 15 is 0 Å². The number of hydrogen-bond donors (Lipinski definition) is 1. The molecule has 2 rings (SSSR count). The van der Waals surface area contributed by atoms with Crippen molar-refractivity contribution in [3.8, 4) is 11.5 Å². The summed E-state index contributed by atoms with van der Waals surface area (Å²) in [6, 6.07) is 3.46. The Kier molecular flexibility index (Phi) is 5.12. The molecule has 20 heavy (non-hydrogen) atoms. The summed E-state index contributed by atoms with van der Waals surface area (Å²) in [5.41, 5.74) is 6.80. The maximum Gasteiger partial charge on any atom is 0.148 e. The lowest BCUT2D eigenvalue weighted by Gasteiger charge is -2.21. The van der Waals surface area contributed by atoms with Gasteiger partial charge in [-0.05, 0) is 18.9 Å². The van der Waals surface area contributed by atoms with Crippen LogP contribution in [0.3, 0.4) is 0 Å². The van der Waals surface area contributed by atoms with Gasteiger partial charge in [0.2, 0.25) is 0 Å². The lowest BCUT2D eigenvalue weighted by Crippen LogP contribution is -2.25. The lowest BCUT2D eigenvalue weighted by molar-refractivity contribution is 0.395. The van der Waals surface area contributed by atoms with Crippen LogP contribution in [0.5, 0.6) is 11.5 Å². The van der Waals surface area contributed by atoms with E-state index in [0.29, 0.717) is 34.0 Å². The van der Waals surface area contributed by atoms with Gasteiger partial charge in [-0.25, -0.2) is 4.99 Å². The molecule has 1 saturated carbocycles. The van der Waals surface area contributed by atoms with E-state index in [4.69, 9.17) is 26.8 Å². The first-order valence-electron chi connectivity index (χ1n) is 6.91. The van der Waals surface area contributed by atoms with Gasteiger partial charge in [0.05, 0.1) is 19.2 Å². The molecule has 1 aromatic rings. The second kappa shape index (κ2) is 6.84. The van der Waals surface area contributed by atoms with Gasteiger partial charge in [-0.1, -0.05) is 30.9 Å². The van der Waals surface area contributed by atoms with Crippen LogP contribution in [0.2, 0.25) is 5.02 Å². The molecule has 0 aliphatic heterocycles. The number of methoxy groups -OCH3 is 2. The lowest BCUT2D eigenvalue weighted by atomic mass is 9.88. The third-order valence-electron chi connectivity index (χ3n) is 3.73. The molecule has 5 heteroatoms. The van der Waals surface area contributed by atoms with Crippen LogP contribution in [0.4, 0.5) is 5.69 Å². The molecule has 0 heterocycles. The monoisotopic (exact) mass is 296 g/mol. The maximum atomic E-state index is 6.14. The Morgan fingerprint density at radius 3 is 2.40 bits per heavy atom. The Hall–Kier alpha value is -1.42. The quantitative estimate of drug-likeness (QED) is 0.676. The second-order valence-electron chi connectivity index (χ2n) is 5.03. The maximum absolute atomic E-state index is 6.14. The number of rotatable bonds is 4. The first-order valence-corrected chi connectivity index (χ1v) is 7.29. The molecule has 0 atom stereocenters. The van der Waals surface area contributed by atoms with Crippen molar-refractivity contribution in [1.29, 1.82) is 0 Å². The number of aliphatic imine (C=N–C) groups is 1. The van der Waals surface area contributed by atoms with Crippen molar-refractivity contribution in [3.05, 3.63) is 17.2 Å². The predicted molar refractivity (Wildman–Crippen MR) is 82.4 cm³/mol. The van der Waals surface area contributed by atoms with Crippen LogP contribution in [-0.4, -0.2) is 20.1 Å². The highest BCUT2D eigenvalue weighted by Crippen LogP contribution is 2.38. The van der Waals surface area contributed by atoms with Crippen molar-refractivity contribution in [2.75, 3.05) is 14.2 Å². The van der Waals surface area contributed by atoms with E-state index in [1.807, 2.05) is 0 Å². The van der Waals surface area contributed by atoms with Gasteiger partial charge in [0.15, 0.2) is 0 Å². The summed E-state index contributed by atoms with van der Waals surface area (Å²) in [6.07, 6.45) is 5.97. The molecule has 0 amide bonds. The minimum atomic E-state index is 0.370. The van der Waals surface area contributed by atoms with Crippen molar-refractivity contribution in [2.24, 2.45) is 16.6 Å². The normalized spacial score (nSPS) is 17.1. The fraction of sp³-hybridized carbons (Fsp3) is 0.533. The molecule has 0 bridgehead atoms. The molecule has 110 valence electrons. The third-order valence-corrected chi connectivity index (χ3v) is 4.02. The Bertz CT molecular complexity index is 497. The van der Waals surface area contributed by atoms with Crippen molar-refractivity contribution in [1.82, 2.24) is 0 Å². The summed E-state index contributed by atoms with van der Waals surface area (Å²) >= 11 is 6.14. The molecule has 4 nitrogen and oxygen atoms in total. The molecule has 0 radical (unpaired) electrons. The predicted octanol–water partition coefficient (Wildman–Crippen LogP) is 3.93. The minimum absolute atomic E-state index is 0.370. The first-order chi connectivity index (χ1) is 9.65. The SMILES string of the molecule is COc1cc(OC)c(N=C(N)C2CCCCC2)cc1Cl. The summed E-state index contributed by atoms with van der Waals surface area (Å²) in [7, 11) is 3.17. The van der Waals surface area contributed by atoms with Gasteiger partial charge in [-0.15, -0.1) is 0 Å². The molecule has 1 fully saturated rings. The smallest absolute Gasteiger partial charge is 0.148 e. The Morgan fingerprint density at radius 2 is 1.80 bits per heavy atom. The minimum Gasteiger partial charge on any atom is -0.495 e. The van der Waals surface area contributed by atoms with Crippen LogP contribution in [-0.2, 0) is 0 Å². The van der Waals surface area contributed by atoms with E-state index in [0.717, 1.165) is 12.8 Å². The van der Waals surface area contributed by atoms with E-state index in [2.05, 4.69) is 4.99 Å². The summed E-state index contributed by atoms with van der Waals surface area (Å²) < 4.78 is 10.5. The molecular formula is C15H21ClN2O2. The zero-order valence-corrected chi connectivity index (χ0v) is 12.7. The van der Waals surface area contributed by atoms with E-state index in [9.17, 15) is 0 Å². The van der Waals surface area contributed by atoms with Gasteiger partial charge in [0, 0.05) is 12.0 Å². The van der Waals surface area contributed by atoms with Gasteiger partial charge in [0.1, 0.15) is 23.0 Å². The van der Waals surface area contributed by atoms with Gasteiger partial charge in [-0.3, -0.25) is 0 Å². The third kappa shape index (κ3) is 3.37. The number of halogens is 1. The molecule has 0 spiro atoms. The van der Waals surface area contributed by atoms with Crippen molar-refractivity contribution < 1.29 is 9.47 Å². The molecule has 0 unspecified atom stereocenters. The second-order valence-corrected chi connectivity index (χ2v) is 5.44. The summed E-state index contributed by atoms with van der Waals surface area (Å²) in [4.78, 5) is 4.52. The van der Waals surface area contributed by atoms with Crippen LogP contribution in [0.15, 0.2) is 17.1 Å². The summed E-state index contributed by atoms with van der Waals surface area (Å²) in [5.74, 6) is 2.22. The number of hydrogen-bond acceptors (Lipinski definition) is 3. The van der Waals surface area contributed by atoms with Crippen LogP contribution in [0.1, 0.15) is 32.1 Å².